The molecular formula is C25H21N5O4S. The van der Waals surface area contributed by atoms with Gasteiger partial charge in [-0.3, -0.25) is 19.6 Å². The molecule has 1 aliphatic heterocycles. The van der Waals surface area contributed by atoms with E-state index in [1.807, 2.05) is 24.3 Å². The van der Waals surface area contributed by atoms with E-state index < -0.39 is 10.0 Å². The van der Waals surface area contributed by atoms with Crippen LogP contribution < -0.4 is 5.43 Å². The highest BCUT2D eigenvalue weighted by Crippen LogP contribution is 2.25. The maximum absolute atomic E-state index is 12.6. The molecule has 176 valence electrons. The standard InChI is InChI=1S/C14H10N2O3S.C11H11N3O/c17-10-11-9-16(14-6-2-1-5-13(11)14)20(18,19)12-4-3-7-15-8-12;1-8(15)13-14-11-6-7-12-10-5-3-2-4-9(10)11/h1-10H;2-5,7H,6H2,1H3,(H,13,15). The number of fused-ring (bicyclic) bond motifs is 2. The number of carbonyl (C=O) groups is 2. The van der Waals surface area contributed by atoms with Crippen molar-refractivity contribution >= 4 is 50.7 Å². The van der Waals surface area contributed by atoms with E-state index in [9.17, 15) is 18.0 Å². The van der Waals surface area contributed by atoms with Gasteiger partial charge in [-0.1, -0.05) is 36.4 Å². The summed E-state index contributed by atoms with van der Waals surface area (Å²) in [4.78, 5) is 30.0. The second-order valence-corrected chi connectivity index (χ2v) is 9.28. The van der Waals surface area contributed by atoms with Crippen LogP contribution in [0.1, 0.15) is 29.3 Å². The van der Waals surface area contributed by atoms with Gasteiger partial charge in [-0.15, -0.1) is 0 Å². The van der Waals surface area contributed by atoms with E-state index in [1.54, 1.807) is 36.5 Å². The number of carbonyl (C=O) groups excluding carboxylic acids is 2. The summed E-state index contributed by atoms with van der Waals surface area (Å²) in [5.74, 6) is -0.164. The smallest absolute Gasteiger partial charge is 0.269 e. The first-order valence-corrected chi connectivity index (χ1v) is 12.0. The molecule has 4 aromatic rings. The van der Waals surface area contributed by atoms with Gasteiger partial charge in [0.2, 0.25) is 5.91 Å². The number of hydrazone groups is 1. The highest BCUT2D eigenvalue weighted by molar-refractivity contribution is 7.90. The molecule has 3 heterocycles. The monoisotopic (exact) mass is 487 g/mol. The van der Waals surface area contributed by atoms with Gasteiger partial charge < -0.3 is 0 Å². The normalized spacial score (nSPS) is 13.6. The van der Waals surface area contributed by atoms with Gasteiger partial charge >= 0.3 is 0 Å². The summed E-state index contributed by atoms with van der Waals surface area (Å²) < 4.78 is 26.3. The minimum atomic E-state index is -3.76. The highest BCUT2D eigenvalue weighted by atomic mass is 32.2. The minimum Gasteiger partial charge on any atom is -0.298 e. The second-order valence-electron chi connectivity index (χ2n) is 7.47. The predicted octanol–water partition coefficient (Wildman–Crippen LogP) is 3.72. The van der Waals surface area contributed by atoms with Gasteiger partial charge in [0.25, 0.3) is 10.0 Å². The molecule has 1 aliphatic rings. The Labute approximate surface area is 201 Å². The summed E-state index contributed by atoms with van der Waals surface area (Å²) in [5.41, 5.74) is 5.97. The van der Waals surface area contributed by atoms with Crippen molar-refractivity contribution in [3.63, 3.8) is 0 Å². The third kappa shape index (κ3) is 5.07. The molecule has 5 rings (SSSR count). The minimum absolute atomic E-state index is 0.0817. The molecular weight excluding hydrogens is 466 g/mol. The number of aromatic nitrogens is 2. The molecule has 0 spiro atoms. The molecule has 1 N–H and O–H groups in total. The summed E-state index contributed by atoms with van der Waals surface area (Å²) >= 11 is 0. The fourth-order valence-corrected chi connectivity index (χ4v) is 4.85. The molecule has 2 aromatic heterocycles. The fourth-order valence-electron chi connectivity index (χ4n) is 3.50. The SMILES string of the molecule is CC(=O)NN=C1CC=Nc2ccccc21.O=Cc1cn(S(=O)(=O)c2cccnc2)c2ccccc12. The zero-order valence-electron chi connectivity index (χ0n) is 18.7. The van der Waals surface area contributed by atoms with Crippen LogP contribution in [0.15, 0.2) is 94.2 Å². The van der Waals surface area contributed by atoms with Crippen molar-refractivity contribution in [1.29, 1.82) is 0 Å². The molecule has 1 amide bonds. The van der Waals surface area contributed by atoms with Crippen molar-refractivity contribution in [2.75, 3.05) is 0 Å². The third-order valence-electron chi connectivity index (χ3n) is 5.11. The number of nitrogens with zero attached hydrogens (tertiary/aromatic N) is 4. The zero-order valence-corrected chi connectivity index (χ0v) is 19.5. The lowest BCUT2D eigenvalue weighted by Gasteiger charge is -2.11. The maximum Gasteiger partial charge on any atom is 0.269 e. The molecule has 35 heavy (non-hydrogen) atoms. The van der Waals surface area contributed by atoms with Crippen LogP contribution >= 0.6 is 0 Å². The van der Waals surface area contributed by atoms with Gasteiger partial charge in [0.15, 0.2) is 6.29 Å². The van der Waals surface area contributed by atoms with Crippen LogP contribution in [0.2, 0.25) is 0 Å². The largest absolute Gasteiger partial charge is 0.298 e. The summed E-state index contributed by atoms with van der Waals surface area (Å²) in [6.45, 7) is 1.44. The Hall–Kier alpha value is -4.44. The number of para-hydroxylation sites is 2. The summed E-state index contributed by atoms with van der Waals surface area (Å²) in [6.07, 6.45) is 7.21. The Bertz CT molecular complexity index is 1560. The summed E-state index contributed by atoms with van der Waals surface area (Å²) in [5, 5.41) is 4.66. The van der Waals surface area contributed by atoms with E-state index in [-0.39, 0.29) is 10.8 Å². The quantitative estimate of drug-likeness (QED) is 0.347. The Morgan fingerprint density at radius 1 is 1.09 bits per heavy atom. The van der Waals surface area contributed by atoms with Gasteiger partial charge in [0.05, 0.1) is 16.9 Å². The van der Waals surface area contributed by atoms with Crippen LogP contribution in [0.25, 0.3) is 10.9 Å². The first-order valence-electron chi connectivity index (χ1n) is 10.6. The van der Waals surface area contributed by atoms with Crippen molar-refractivity contribution < 1.29 is 18.0 Å². The number of amides is 1. The van der Waals surface area contributed by atoms with Crippen LogP contribution in [0.5, 0.6) is 0 Å². The highest BCUT2D eigenvalue weighted by Gasteiger charge is 2.21. The molecule has 0 fully saturated rings. The molecule has 0 atom stereocenters. The van der Waals surface area contributed by atoms with Crippen LogP contribution in [0.3, 0.4) is 0 Å². The number of benzene rings is 2. The van der Waals surface area contributed by atoms with Crippen molar-refractivity contribution in [1.82, 2.24) is 14.4 Å². The van der Waals surface area contributed by atoms with Gasteiger partial charge in [-0.2, -0.15) is 5.10 Å². The van der Waals surface area contributed by atoms with E-state index in [2.05, 4.69) is 20.5 Å². The van der Waals surface area contributed by atoms with Crippen molar-refractivity contribution in [3.05, 3.63) is 90.4 Å². The van der Waals surface area contributed by atoms with Crippen molar-refractivity contribution in [3.8, 4) is 0 Å². The molecule has 0 saturated heterocycles. The van der Waals surface area contributed by atoms with Crippen LogP contribution in [0.4, 0.5) is 5.69 Å². The average molecular weight is 488 g/mol. The van der Waals surface area contributed by atoms with E-state index in [1.165, 1.54) is 31.6 Å². The lowest BCUT2D eigenvalue weighted by atomic mass is 10.0. The van der Waals surface area contributed by atoms with Gasteiger partial charge in [0.1, 0.15) is 4.90 Å². The Morgan fingerprint density at radius 2 is 1.86 bits per heavy atom. The van der Waals surface area contributed by atoms with E-state index in [4.69, 9.17) is 0 Å². The number of nitrogens with one attached hydrogen (secondary N) is 1. The lowest BCUT2D eigenvalue weighted by Crippen LogP contribution is -2.17. The van der Waals surface area contributed by atoms with Crippen LogP contribution in [-0.2, 0) is 14.8 Å². The van der Waals surface area contributed by atoms with Gasteiger partial charge in [-0.05, 0) is 24.3 Å². The molecule has 0 aliphatic carbocycles. The van der Waals surface area contributed by atoms with E-state index in [0.717, 1.165) is 20.9 Å². The maximum atomic E-state index is 12.6. The molecule has 0 radical (unpaired) electrons. The summed E-state index contributed by atoms with van der Waals surface area (Å²) in [7, 11) is -3.76. The number of hydrogen-bond donors (Lipinski definition) is 1. The first-order chi connectivity index (χ1) is 16.9. The number of hydrogen-bond acceptors (Lipinski definition) is 7. The third-order valence-corrected chi connectivity index (χ3v) is 6.76. The van der Waals surface area contributed by atoms with Crippen LogP contribution in [0, 0.1) is 0 Å². The summed E-state index contributed by atoms with van der Waals surface area (Å²) in [6, 6.07) is 17.6. The van der Waals surface area contributed by atoms with Gasteiger partial charge in [0, 0.05) is 54.7 Å². The molecule has 2 aromatic carbocycles. The Balaban J connectivity index is 0.000000172. The molecule has 0 unspecified atom stereocenters. The topological polar surface area (TPSA) is 123 Å². The number of aldehydes is 1. The molecule has 9 nitrogen and oxygen atoms in total. The predicted molar refractivity (Wildman–Crippen MR) is 134 cm³/mol. The Kier molecular flexibility index (Phi) is 6.93. The second kappa shape index (κ2) is 10.2. The van der Waals surface area contributed by atoms with Crippen LogP contribution in [-0.4, -0.2) is 41.5 Å². The van der Waals surface area contributed by atoms with Crippen molar-refractivity contribution in [2.45, 2.75) is 18.2 Å². The Morgan fingerprint density at radius 3 is 2.60 bits per heavy atom. The first kappa shape index (κ1) is 23.7. The van der Waals surface area contributed by atoms with Crippen molar-refractivity contribution in [2.24, 2.45) is 10.1 Å². The average Bonchev–Trinajstić information content (AvgIpc) is 3.28. The number of aliphatic imine (C=N–C) groups is 1. The molecule has 0 saturated carbocycles. The molecule has 10 heteroatoms. The fraction of sp³-hybridized carbons (Fsp3) is 0.0800. The zero-order chi connectivity index (χ0) is 24.8. The molecule has 0 bridgehead atoms. The number of pyridine rings is 1. The van der Waals surface area contributed by atoms with E-state index >= 15 is 0 Å². The lowest BCUT2D eigenvalue weighted by molar-refractivity contribution is -0.118. The van der Waals surface area contributed by atoms with E-state index in [0.29, 0.717) is 29.2 Å². The van der Waals surface area contributed by atoms with Gasteiger partial charge in [-0.25, -0.2) is 17.8 Å². The number of rotatable bonds is 4.